The van der Waals surface area contributed by atoms with Crippen molar-refractivity contribution in [1.29, 1.82) is 0 Å². The van der Waals surface area contributed by atoms with Crippen molar-refractivity contribution in [2.75, 3.05) is 127 Å². The monoisotopic (exact) mass is 548 g/mol. The molecule has 0 aliphatic rings. The molecule has 0 radical (unpaired) electrons. The van der Waals surface area contributed by atoms with Crippen LogP contribution < -0.4 is 0 Å². The topological polar surface area (TPSA) is 102 Å². The minimum absolute atomic E-state index is 0.346. The molecule has 38 heavy (non-hydrogen) atoms. The van der Waals surface area contributed by atoms with Crippen molar-refractivity contribution in [3.8, 4) is 0 Å². The van der Waals surface area contributed by atoms with Gasteiger partial charge in [0.1, 0.15) is 0 Å². The van der Waals surface area contributed by atoms with Gasteiger partial charge in [-0.3, -0.25) is 0 Å². The maximum Gasteiger partial charge on any atom is 0.180 e. The molecular weight excluding hydrogens is 500 g/mol. The van der Waals surface area contributed by atoms with Crippen molar-refractivity contribution < 1.29 is 52.1 Å². The quantitative estimate of drug-likeness (QED) is 0.104. The lowest BCUT2D eigenvalue weighted by Crippen LogP contribution is -2.21. The number of benzene rings is 1. The maximum atomic E-state index is 5.56. The molecule has 0 bridgehead atoms. The standard InChI is InChI=1S/C27H48O11/c1-28-27(29-2)25-38-23-21-36-19-17-34-15-13-32-11-9-30-8-10-31-12-14-33-16-18-35-20-22-37-24-26-6-4-3-5-7-26/h3-7,27H,8-25H2,1-2H3. The van der Waals surface area contributed by atoms with Gasteiger partial charge in [-0.15, -0.1) is 0 Å². The molecule has 0 unspecified atom stereocenters. The van der Waals surface area contributed by atoms with E-state index in [1.807, 2.05) is 30.3 Å². The molecule has 0 N–H and O–H groups in total. The molecule has 0 amide bonds. The van der Waals surface area contributed by atoms with Crippen LogP contribution in [0.1, 0.15) is 5.56 Å². The van der Waals surface area contributed by atoms with E-state index in [9.17, 15) is 0 Å². The minimum Gasteiger partial charge on any atom is -0.377 e. The molecule has 0 fully saturated rings. The number of ether oxygens (including phenoxy) is 11. The summed E-state index contributed by atoms with van der Waals surface area (Å²) >= 11 is 0. The lowest BCUT2D eigenvalue weighted by Gasteiger charge is -2.13. The van der Waals surface area contributed by atoms with Crippen LogP contribution >= 0.6 is 0 Å². The Labute approximate surface area is 227 Å². The van der Waals surface area contributed by atoms with Gasteiger partial charge in [-0.25, -0.2) is 0 Å². The van der Waals surface area contributed by atoms with Crippen LogP contribution in [0.5, 0.6) is 0 Å². The van der Waals surface area contributed by atoms with Crippen LogP contribution in [0.3, 0.4) is 0 Å². The van der Waals surface area contributed by atoms with Crippen molar-refractivity contribution in [1.82, 2.24) is 0 Å². The number of methoxy groups -OCH3 is 2. The van der Waals surface area contributed by atoms with Gasteiger partial charge in [0, 0.05) is 14.2 Å². The molecule has 0 aromatic heterocycles. The number of hydrogen-bond acceptors (Lipinski definition) is 11. The Bertz CT molecular complexity index is 575. The molecule has 0 spiro atoms. The highest BCUT2D eigenvalue weighted by Crippen LogP contribution is 2.00. The van der Waals surface area contributed by atoms with Gasteiger partial charge in [-0.1, -0.05) is 30.3 Å². The van der Waals surface area contributed by atoms with Crippen LogP contribution in [-0.4, -0.2) is 133 Å². The zero-order chi connectivity index (χ0) is 27.2. The van der Waals surface area contributed by atoms with E-state index in [0.29, 0.717) is 119 Å². The summed E-state index contributed by atoms with van der Waals surface area (Å²) < 4.78 is 59.2. The average Bonchev–Trinajstić information content (AvgIpc) is 2.95. The molecule has 1 aromatic rings. The molecule has 0 heterocycles. The first-order chi connectivity index (χ1) is 18.9. The predicted molar refractivity (Wildman–Crippen MR) is 140 cm³/mol. The van der Waals surface area contributed by atoms with Gasteiger partial charge in [-0.2, -0.15) is 0 Å². The highest BCUT2D eigenvalue weighted by molar-refractivity contribution is 5.13. The summed E-state index contributed by atoms with van der Waals surface area (Å²) in [6, 6.07) is 10.1. The average molecular weight is 549 g/mol. The van der Waals surface area contributed by atoms with E-state index in [0.717, 1.165) is 5.56 Å². The van der Waals surface area contributed by atoms with Gasteiger partial charge >= 0.3 is 0 Å². The van der Waals surface area contributed by atoms with E-state index >= 15 is 0 Å². The Morgan fingerprint density at radius 1 is 0.421 bits per heavy atom. The van der Waals surface area contributed by atoms with E-state index < -0.39 is 0 Å². The Kier molecular flexibility index (Phi) is 26.4. The second-order valence-electron chi connectivity index (χ2n) is 7.80. The molecule has 0 atom stereocenters. The zero-order valence-corrected chi connectivity index (χ0v) is 23.2. The highest BCUT2D eigenvalue weighted by Gasteiger charge is 2.03. The third-order valence-electron chi connectivity index (χ3n) is 4.87. The summed E-state index contributed by atoms with van der Waals surface area (Å²) in [7, 11) is 3.14. The third-order valence-corrected chi connectivity index (χ3v) is 4.87. The molecule has 1 rings (SSSR count). The van der Waals surface area contributed by atoms with Gasteiger partial charge in [0.25, 0.3) is 0 Å². The Hall–Kier alpha value is -1.22. The summed E-state index contributed by atoms with van der Waals surface area (Å²) in [5, 5.41) is 0. The molecular formula is C27H48O11. The summed E-state index contributed by atoms with van der Waals surface area (Å²) in [6.07, 6.45) is -0.346. The van der Waals surface area contributed by atoms with E-state index in [4.69, 9.17) is 52.1 Å². The van der Waals surface area contributed by atoms with E-state index in [2.05, 4.69) is 0 Å². The Balaban J connectivity index is 1.64. The summed E-state index contributed by atoms with van der Waals surface area (Å²) in [5.41, 5.74) is 1.16. The molecule has 222 valence electrons. The number of rotatable bonds is 30. The molecule has 11 heteroatoms. The molecule has 0 saturated heterocycles. The van der Waals surface area contributed by atoms with Crippen LogP contribution in [0.2, 0.25) is 0 Å². The lowest BCUT2D eigenvalue weighted by molar-refractivity contribution is -0.143. The van der Waals surface area contributed by atoms with Crippen LogP contribution in [0.25, 0.3) is 0 Å². The van der Waals surface area contributed by atoms with Crippen molar-refractivity contribution in [3.05, 3.63) is 35.9 Å². The number of hydrogen-bond donors (Lipinski definition) is 0. The fourth-order valence-corrected chi connectivity index (χ4v) is 2.83. The Morgan fingerprint density at radius 2 is 0.737 bits per heavy atom. The molecule has 11 nitrogen and oxygen atoms in total. The first-order valence-corrected chi connectivity index (χ1v) is 13.2. The fraction of sp³-hybridized carbons (Fsp3) is 0.778. The highest BCUT2D eigenvalue weighted by atomic mass is 16.7. The van der Waals surface area contributed by atoms with Crippen LogP contribution in [0.4, 0.5) is 0 Å². The predicted octanol–water partition coefficient (Wildman–Crippen LogP) is 1.95. The van der Waals surface area contributed by atoms with Crippen molar-refractivity contribution >= 4 is 0 Å². The minimum atomic E-state index is -0.346. The van der Waals surface area contributed by atoms with Gasteiger partial charge in [0.2, 0.25) is 0 Å². The zero-order valence-electron chi connectivity index (χ0n) is 23.2. The van der Waals surface area contributed by atoms with Gasteiger partial charge in [0.05, 0.1) is 119 Å². The molecule has 0 aliphatic heterocycles. The van der Waals surface area contributed by atoms with Crippen LogP contribution in [0.15, 0.2) is 30.3 Å². The summed E-state index contributed by atoms with van der Waals surface area (Å²) in [6.45, 7) is 9.31. The second kappa shape index (κ2) is 28.8. The normalized spacial score (nSPS) is 11.6. The summed E-state index contributed by atoms with van der Waals surface area (Å²) in [5.74, 6) is 0. The Morgan fingerprint density at radius 3 is 1.08 bits per heavy atom. The summed E-state index contributed by atoms with van der Waals surface area (Å²) in [4.78, 5) is 0. The fourth-order valence-electron chi connectivity index (χ4n) is 2.83. The SMILES string of the molecule is COC(COCCOCCOCCOCCOCCOCCOCCOCCOCc1ccccc1)OC. The van der Waals surface area contributed by atoms with E-state index in [1.54, 1.807) is 14.2 Å². The largest absolute Gasteiger partial charge is 0.377 e. The smallest absolute Gasteiger partial charge is 0.180 e. The molecule has 1 aromatic carbocycles. The van der Waals surface area contributed by atoms with E-state index in [-0.39, 0.29) is 6.29 Å². The maximum absolute atomic E-state index is 5.56. The van der Waals surface area contributed by atoms with Crippen molar-refractivity contribution in [2.45, 2.75) is 12.9 Å². The van der Waals surface area contributed by atoms with Gasteiger partial charge in [-0.05, 0) is 5.56 Å². The van der Waals surface area contributed by atoms with Gasteiger partial charge in [0.15, 0.2) is 6.29 Å². The first-order valence-electron chi connectivity index (χ1n) is 13.2. The van der Waals surface area contributed by atoms with Crippen molar-refractivity contribution in [3.63, 3.8) is 0 Å². The lowest BCUT2D eigenvalue weighted by atomic mass is 10.2. The van der Waals surface area contributed by atoms with E-state index in [1.165, 1.54) is 0 Å². The van der Waals surface area contributed by atoms with Gasteiger partial charge < -0.3 is 52.1 Å². The van der Waals surface area contributed by atoms with Crippen molar-refractivity contribution in [2.24, 2.45) is 0 Å². The van der Waals surface area contributed by atoms with Crippen LogP contribution in [0, 0.1) is 0 Å². The second-order valence-corrected chi connectivity index (χ2v) is 7.80. The van der Waals surface area contributed by atoms with Crippen LogP contribution in [-0.2, 0) is 58.7 Å². The first kappa shape index (κ1) is 34.8. The third kappa shape index (κ3) is 23.9. The molecule has 0 saturated carbocycles. The molecule has 0 aliphatic carbocycles.